The molecule has 0 saturated carbocycles. The number of nitrogens with one attached hydrogen (secondary N) is 2. The van der Waals surface area contributed by atoms with Gasteiger partial charge in [0.15, 0.2) is 5.16 Å². The molecule has 0 amide bonds. The maximum atomic E-state index is 5.50. The van der Waals surface area contributed by atoms with Crippen molar-refractivity contribution in [1.82, 2.24) is 15.3 Å². The van der Waals surface area contributed by atoms with E-state index < -0.39 is 0 Å². The summed E-state index contributed by atoms with van der Waals surface area (Å²) in [5.41, 5.74) is 2.05. The Bertz CT molecular complexity index is 527. The monoisotopic (exact) mass is 293 g/mol. The van der Waals surface area contributed by atoms with E-state index in [2.05, 4.69) is 22.2 Å². The highest BCUT2D eigenvalue weighted by molar-refractivity contribution is 7.99. The van der Waals surface area contributed by atoms with Crippen molar-refractivity contribution in [3.8, 4) is 5.75 Å². The first-order chi connectivity index (χ1) is 9.83. The van der Waals surface area contributed by atoms with Crippen LogP contribution in [0.15, 0.2) is 23.4 Å². The maximum Gasteiger partial charge on any atom is 0.166 e. The summed E-state index contributed by atoms with van der Waals surface area (Å²) in [6.45, 7) is 6.98. The zero-order chi connectivity index (χ0) is 14.2. The van der Waals surface area contributed by atoms with Gasteiger partial charge in [-0.05, 0) is 45.0 Å². The molecule has 0 aliphatic carbocycles. The predicted molar refractivity (Wildman–Crippen MR) is 85.8 cm³/mol. The summed E-state index contributed by atoms with van der Waals surface area (Å²) in [5, 5.41) is 4.34. The van der Waals surface area contributed by atoms with Crippen molar-refractivity contribution in [3.05, 3.63) is 18.2 Å². The Balaban J connectivity index is 1.84. The van der Waals surface area contributed by atoms with E-state index in [4.69, 9.17) is 4.74 Å². The molecule has 0 radical (unpaired) electrons. The molecule has 5 heteroatoms. The number of thioether (sulfide) groups is 1. The van der Waals surface area contributed by atoms with Gasteiger partial charge in [-0.25, -0.2) is 4.98 Å². The van der Waals surface area contributed by atoms with E-state index in [1.165, 1.54) is 12.8 Å². The van der Waals surface area contributed by atoms with Crippen LogP contribution in [0.2, 0.25) is 0 Å². The number of H-pyrrole nitrogens is 1. The molecule has 2 aromatic rings. The van der Waals surface area contributed by atoms with Gasteiger partial charge >= 0.3 is 0 Å². The third kappa shape index (κ3) is 4.42. The standard InChI is InChI=1S/C15H23N3OS/c1-3-16-9-5-6-10-20-15-17-13-8-7-12(19-4-2)11-14(13)18-15/h7-8,11,16H,3-6,9-10H2,1-2H3,(H,17,18). The number of aromatic amines is 1. The predicted octanol–water partition coefficient (Wildman–Crippen LogP) is 3.44. The third-order valence-electron chi connectivity index (χ3n) is 2.98. The second-order valence-electron chi connectivity index (χ2n) is 4.56. The van der Waals surface area contributed by atoms with Crippen molar-refractivity contribution >= 4 is 22.8 Å². The molecule has 0 aliphatic heterocycles. The number of unbranched alkanes of at least 4 members (excludes halogenated alkanes) is 1. The first-order valence-corrected chi connectivity index (χ1v) is 8.28. The van der Waals surface area contributed by atoms with E-state index in [9.17, 15) is 0 Å². The van der Waals surface area contributed by atoms with E-state index in [1.54, 1.807) is 11.8 Å². The topological polar surface area (TPSA) is 49.9 Å². The largest absolute Gasteiger partial charge is 0.494 e. The van der Waals surface area contributed by atoms with Crippen LogP contribution in [0, 0.1) is 0 Å². The lowest BCUT2D eigenvalue weighted by Crippen LogP contribution is -2.13. The third-order valence-corrected chi connectivity index (χ3v) is 3.94. The van der Waals surface area contributed by atoms with Gasteiger partial charge in [-0.1, -0.05) is 18.7 Å². The fourth-order valence-electron chi connectivity index (χ4n) is 1.99. The number of imidazole rings is 1. The first kappa shape index (κ1) is 15.2. The molecule has 0 spiro atoms. The summed E-state index contributed by atoms with van der Waals surface area (Å²) in [7, 11) is 0. The highest BCUT2D eigenvalue weighted by atomic mass is 32.2. The molecule has 1 aromatic carbocycles. The van der Waals surface area contributed by atoms with Crippen LogP contribution < -0.4 is 10.1 Å². The zero-order valence-corrected chi connectivity index (χ0v) is 13.1. The second-order valence-corrected chi connectivity index (χ2v) is 5.65. The zero-order valence-electron chi connectivity index (χ0n) is 12.2. The smallest absolute Gasteiger partial charge is 0.166 e. The van der Waals surface area contributed by atoms with Crippen molar-refractivity contribution in [3.63, 3.8) is 0 Å². The van der Waals surface area contributed by atoms with Crippen LogP contribution in [0.1, 0.15) is 26.7 Å². The normalized spacial score (nSPS) is 11.1. The average Bonchev–Trinajstić information content (AvgIpc) is 2.85. The highest BCUT2D eigenvalue weighted by Gasteiger charge is 2.04. The number of ether oxygens (including phenoxy) is 1. The Morgan fingerprint density at radius 3 is 3.00 bits per heavy atom. The molecular weight excluding hydrogens is 270 g/mol. The Hall–Kier alpha value is -1.20. The molecule has 4 nitrogen and oxygen atoms in total. The summed E-state index contributed by atoms with van der Waals surface area (Å²) in [6, 6.07) is 5.99. The molecule has 0 unspecified atom stereocenters. The van der Waals surface area contributed by atoms with Gasteiger partial charge in [-0.15, -0.1) is 0 Å². The van der Waals surface area contributed by atoms with Crippen LogP contribution in [0.25, 0.3) is 11.0 Å². The van der Waals surface area contributed by atoms with Crippen LogP contribution in [0.4, 0.5) is 0 Å². The minimum atomic E-state index is 0.688. The highest BCUT2D eigenvalue weighted by Crippen LogP contribution is 2.23. The molecule has 1 heterocycles. The van der Waals surface area contributed by atoms with Crippen molar-refractivity contribution < 1.29 is 4.74 Å². The van der Waals surface area contributed by atoms with Crippen molar-refractivity contribution in [2.45, 2.75) is 31.8 Å². The Labute approximate surface area is 124 Å². The number of nitrogens with zero attached hydrogens (tertiary/aromatic N) is 1. The van der Waals surface area contributed by atoms with E-state index in [0.29, 0.717) is 6.61 Å². The molecule has 0 fully saturated rings. The van der Waals surface area contributed by atoms with Gasteiger partial charge in [-0.3, -0.25) is 0 Å². The molecule has 0 bridgehead atoms. The Kier molecular flexibility index (Phi) is 6.21. The molecular formula is C15H23N3OS. The molecule has 2 N–H and O–H groups in total. The van der Waals surface area contributed by atoms with Crippen LogP contribution in [-0.2, 0) is 0 Å². The summed E-state index contributed by atoms with van der Waals surface area (Å²) in [4.78, 5) is 7.94. The lowest BCUT2D eigenvalue weighted by Gasteiger charge is -2.01. The summed E-state index contributed by atoms with van der Waals surface area (Å²) in [5.74, 6) is 2.00. The molecule has 0 aliphatic rings. The van der Waals surface area contributed by atoms with E-state index in [-0.39, 0.29) is 0 Å². The van der Waals surface area contributed by atoms with Crippen molar-refractivity contribution in [1.29, 1.82) is 0 Å². The minimum absolute atomic E-state index is 0.688. The van der Waals surface area contributed by atoms with Crippen LogP contribution in [0.3, 0.4) is 0 Å². The number of benzene rings is 1. The minimum Gasteiger partial charge on any atom is -0.494 e. The molecule has 0 saturated heterocycles. The summed E-state index contributed by atoms with van der Waals surface area (Å²) in [6.07, 6.45) is 2.43. The van der Waals surface area contributed by atoms with Gasteiger partial charge in [0, 0.05) is 11.8 Å². The lowest BCUT2D eigenvalue weighted by molar-refractivity contribution is 0.340. The lowest BCUT2D eigenvalue weighted by atomic mass is 10.3. The average molecular weight is 293 g/mol. The maximum absolute atomic E-state index is 5.50. The van der Waals surface area contributed by atoms with Crippen molar-refractivity contribution in [2.24, 2.45) is 0 Å². The quantitative estimate of drug-likeness (QED) is 0.549. The number of fused-ring (bicyclic) bond motifs is 1. The SMILES string of the molecule is CCNCCCCSc1nc2ccc(OCC)cc2[nH]1. The van der Waals surface area contributed by atoms with E-state index >= 15 is 0 Å². The van der Waals surface area contributed by atoms with Gasteiger partial charge in [-0.2, -0.15) is 0 Å². The summed E-state index contributed by atoms with van der Waals surface area (Å²) < 4.78 is 5.50. The van der Waals surface area contributed by atoms with Crippen LogP contribution >= 0.6 is 11.8 Å². The molecule has 110 valence electrons. The first-order valence-electron chi connectivity index (χ1n) is 7.29. The van der Waals surface area contributed by atoms with Crippen LogP contribution in [0.5, 0.6) is 5.75 Å². The molecule has 1 aromatic heterocycles. The number of hydrogen-bond acceptors (Lipinski definition) is 4. The van der Waals surface area contributed by atoms with E-state index in [0.717, 1.165) is 40.8 Å². The number of hydrogen-bond donors (Lipinski definition) is 2. The molecule has 0 atom stereocenters. The molecule has 2 rings (SSSR count). The van der Waals surface area contributed by atoms with Gasteiger partial charge in [0.05, 0.1) is 17.6 Å². The molecule has 20 heavy (non-hydrogen) atoms. The van der Waals surface area contributed by atoms with E-state index in [1.807, 2.05) is 25.1 Å². The van der Waals surface area contributed by atoms with Crippen LogP contribution in [-0.4, -0.2) is 35.4 Å². The number of aromatic nitrogens is 2. The Morgan fingerprint density at radius 2 is 2.20 bits per heavy atom. The second kappa shape index (κ2) is 8.17. The van der Waals surface area contributed by atoms with Gasteiger partial charge in [0.25, 0.3) is 0 Å². The van der Waals surface area contributed by atoms with Gasteiger partial charge < -0.3 is 15.0 Å². The fraction of sp³-hybridized carbons (Fsp3) is 0.533. The van der Waals surface area contributed by atoms with Gasteiger partial charge in [0.1, 0.15) is 5.75 Å². The number of rotatable bonds is 9. The Morgan fingerprint density at radius 1 is 1.30 bits per heavy atom. The summed E-state index contributed by atoms with van der Waals surface area (Å²) >= 11 is 1.79. The van der Waals surface area contributed by atoms with Gasteiger partial charge in [0.2, 0.25) is 0 Å². The van der Waals surface area contributed by atoms with Crippen molar-refractivity contribution in [2.75, 3.05) is 25.4 Å². The fourth-order valence-corrected chi connectivity index (χ4v) is 2.87.